The van der Waals surface area contributed by atoms with Gasteiger partial charge in [0, 0.05) is 36.2 Å². The van der Waals surface area contributed by atoms with Crippen LogP contribution in [0.3, 0.4) is 0 Å². The highest BCUT2D eigenvalue weighted by atomic mass is 16.5. The second-order valence-corrected chi connectivity index (χ2v) is 8.21. The van der Waals surface area contributed by atoms with E-state index in [1.807, 2.05) is 56.3 Å². The molecule has 0 bridgehead atoms. The number of hydrogen-bond donors (Lipinski definition) is 2. The standard InChI is InChI=1S/C24H30N4O3/c1-24(2,25)14-15-26-22(29)19-10-12-20(13-11-19)23-28-27-21(31-23)9-6-16-30-17-18-7-4-3-5-8-18/h3-5,7-8,10-13H,6,9,14-17,25H2,1-2H3,(H,26,29). The van der Waals surface area contributed by atoms with Crippen LogP contribution in [0.25, 0.3) is 11.5 Å². The lowest BCUT2D eigenvalue weighted by atomic mass is 10.0. The number of nitrogens with one attached hydrogen (secondary N) is 1. The summed E-state index contributed by atoms with van der Waals surface area (Å²) in [6, 6.07) is 17.2. The van der Waals surface area contributed by atoms with Gasteiger partial charge in [-0.15, -0.1) is 10.2 Å². The van der Waals surface area contributed by atoms with Gasteiger partial charge in [-0.1, -0.05) is 30.3 Å². The van der Waals surface area contributed by atoms with Crippen LogP contribution in [0.5, 0.6) is 0 Å². The van der Waals surface area contributed by atoms with E-state index in [2.05, 4.69) is 15.5 Å². The maximum absolute atomic E-state index is 12.2. The minimum atomic E-state index is -0.305. The molecule has 0 atom stereocenters. The van der Waals surface area contributed by atoms with E-state index in [4.69, 9.17) is 14.9 Å². The second-order valence-electron chi connectivity index (χ2n) is 8.21. The molecule has 3 rings (SSSR count). The monoisotopic (exact) mass is 422 g/mol. The maximum atomic E-state index is 12.2. The van der Waals surface area contributed by atoms with Crippen molar-refractivity contribution in [1.29, 1.82) is 0 Å². The van der Waals surface area contributed by atoms with Crippen LogP contribution >= 0.6 is 0 Å². The van der Waals surface area contributed by atoms with Crippen molar-refractivity contribution >= 4 is 5.91 Å². The minimum absolute atomic E-state index is 0.127. The average Bonchev–Trinajstić information content (AvgIpc) is 3.22. The molecule has 0 aliphatic heterocycles. The predicted octanol–water partition coefficient (Wildman–Crippen LogP) is 3.74. The van der Waals surface area contributed by atoms with Crippen molar-refractivity contribution in [2.75, 3.05) is 13.2 Å². The summed E-state index contributed by atoms with van der Waals surface area (Å²) in [5.41, 5.74) is 8.14. The molecule has 0 aliphatic rings. The molecule has 2 aromatic carbocycles. The number of carbonyl (C=O) groups excluding carboxylic acids is 1. The first-order valence-electron chi connectivity index (χ1n) is 10.5. The lowest BCUT2D eigenvalue weighted by molar-refractivity contribution is 0.0951. The average molecular weight is 423 g/mol. The lowest BCUT2D eigenvalue weighted by Crippen LogP contribution is -2.37. The fraction of sp³-hybridized carbons (Fsp3) is 0.375. The number of nitrogens with two attached hydrogens (primary N) is 1. The number of amides is 1. The van der Waals surface area contributed by atoms with Gasteiger partial charge in [-0.3, -0.25) is 4.79 Å². The van der Waals surface area contributed by atoms with Gasteiger partial charge in [0.05, 0.1) is 6.61 Å². The lowest BCUT2D eigenvalue weighted by Gasteiger charge is -2.18. The molecule has 0 aliphatic carbocycles. The first-order valence-corrected chi connectivity index (χ1v) is 10.5. The van der Waals surface area contributed by atoms with Crippen LogP contribution in [0.2, 0.25) is 0 Å². The van der Waals surface area contributed by atoms with Crippen LogP contribution in [0.4, 0.5) is 0 Å². The van der Waals surface area contributed by atoms with E-state index >= 15 is 0 Å². The van der Waals surface area contributed by atoms with E-state index in [-0.39, 0.29) is 11.4 Å². The van der Waals surface area contributed by atoms with Gasteiger partial charge in [0.15, 0.2) is 0 Å². The van der Waals surface area contributed by atoms with Crippen LogP contribution in [0.15, 0.2) is 59.0 Å². The molecular formula is C24H30N4O3. The molecule has 164 valence electrons. The molecule has 0 saturated heterocycles. The Kier molecular flexibility index (Phi) is 7.92. The van der Waals surface area contributed by atoms with Gasteiger partial charge in [0.2, 0.25) is 11.8 Å². The predicted molar refractivity (Wildman–Crippen MR) is 119 cm³/mol. The normalized spacial score (nSPS) is 11.5. The van der Waals surface area contributed by atoms with Crippen LogP contribution < -0.4 is 11.1 Å². The zero-order chi connectivity index (χ0) is 22.1. The summed E-state index contributed by atoms with van der Waals surface area (Å²) >= 11 is 0. The van der Waals surface area contributed by atoms with Gasteiger partial charge in [-0.25, -0.2) is 0 Å². The molecule has 0 unspecified atom stereocenters. The number of aromatic nitrogens is 2. The third-order valence-corrected chi connectivity index (χ3v) is 4.71. The van der Waals surface area contributed by atoms with Gasteiger partial charge < -0.3 is 20.2 Å². The molecule has 1 aromatic heterocycles. The Morgan fingerprint density at radius 1 is 1.10 bits per heavy atom. The molecular weight excluding hydrogens is 392 g/mol. The fourth-order valence-corrected chi connectivity index (χ4v) is 2.93. The van der Waals surface area contributed by atoms with Gasteiger partial charge in [-0.05, 0) is 56.5 Å². The number of benzene rings is 2. The maximum Gasteiger partial charge on any atom is 0.251 e. The Morgan fingerprint density at radius 3 is 2.55 bits per heavy atom. The Labute approximate surface area is 183 Å². The molecule has 3 aromatic rings. The van der Waals surface area contributed by atoms with Crippen LogP contribution in [-0.2, 0) is 17.8 Å². The largest absolute Gasteiger partial charge is 0.421 e. The first kappa shape index (κ1) is 22.7. The molecule has 3 N–H and O–H groups in total. The quantitative estimate of drug-likeness (QED) is 0.456. The van der Waals surface area contributed by atoms with Crippen LogP contribution in [0.1, 0.15) is 48.5 Å². The molecule has 1 heterocycles. The van der Waals surface area contributed by atoms with E-state index in [1.165, 1.54) is 0 Å². The third-order valence-electron chi connectivity index (χ3n) is 4.71. The minimum Gasteiger partial charge on any atom is -0.421 e. The van der Waals surface area contributed by atoms with E-state index in [0.717, 1.165) is 17.5 Å². The smallest absolute Gasteiger partial charge is 0.251 e. The van der Waals surface area contributed by atoms with E-state index < -0.39 is 0 Å². The zero-order valence-electron chi connectivity index (χ0n) is 18.1. The fourth-order valence-electron chi connectivity index (χ4n) is 2.93. The van der Waals surface area contributed by atoms with Gasteiger partial charge in [0.1, 0.15) is 0 Å². The number of hydrogen-bond acceptors (Lipinski definition) is 6. The summed E-state index contributed by atoms with van der Waals surface area (Å²) in [6.45, 7) is 5.62. The van der Waals surface area contributed by atoms with Crippen molar-refractivity contribution < 1.29 is 13.9 Å². The summed E-state index contributed by atoms with van der Waals surface area (Å²) in [7, 11) is 0. The Bertz CT molecular complexity index is 947. The zero-order valence-corrected chi connectivity index (χ0v) is 18.1. The molecule has 1 amide bonds. The van der Waals surface area contributed by atoms with Crippen molar-refractivity contribution in [2.45, 2.75) is 45.3 Å². The number of carbonyl (C=O) groups is 1. The highest BCUT2D eigenvalue weighted by Gasteiger charge is 2.13. The molecule has 0 spiro atoms. The SMILES string of the molecule is CC(C)(N)CCNC(=O)c1ccc(-c2nnc(CCCOCc3ccccc3)o2)cc1. The molecule has 7 heteroatoms. The molecule has 31 heavy (non-hydrogen) atoms. The Morgan fingerprint density at radius 2 is 1.84 bits per heavy atom. The van der Waals surface area contributed by atoms with Crippen molar-refractivity contribution in [3.63, 3.8) is 0 Å². The van der Waals surface area contributed by atoms with Crippen molar-refractivity contribution in [1.82, 2.24) is 15.5 Å². The van der Waals surface area contributed by atoms with Gasteiger partial charge >= 0.3 is 0 Å². The van der Waals surface area contributed by atoms with E-state index in [0.29, 0.717) is 49.9 Å². The van der Waals surface area contributed by atoms with Gasteiger partial charge in [0.25, 0.3) is 5.91 Å². The summed E-state index contributed by atoms with van der Waals surface area (Å²) < 4.78 is 11.4. The summed E-state index contributed by atoms with van der Waals surface area (Å²) in [4.78, 5) is 12.2. The van der Waals surface area contributed by atoms with Crippen LogP contribution in [-0.4, -0.2) is 34.8 Å². The van der Waals surface area contributed by atoms with Gasteiger partial charge in [-0.2, -0.15) is 0 Å². The molecule has 0 saturated carbocycles. The van der Waals surface area contributed by atoms with E-state index in [1.54, 1.807) is 12.1 Å². The number of ether oxygens (including phenoxy) is 1. The van der Waals surface area contributed by atoms with Crippen molar-refractivity contribution in [3.8, 4) is 11.5 Å². The van der Waals surface area contributed by atoms with Crippen molar-refractivity contribution in [2.24, 2.45) is 5.73 Å². The molecule has 0 fully saturated rings. The topological polar surface area (TPSA) is 103 Å². The Hall–Kier alpha value is -3.03. The highest BCUT2D eigenvalue weighted by Crippen LogP contribution is 2.19. The third kappa shape index (κ3) is 7.62. The Balaban J connectivity index is 1.43. The second kappa shape index (κ2) is 10.8. The number of nitrogens with zero attached hydrogens (tertiary/aromatic N) is 2. The first-order chi connectivity index (χ1) is 14.9. The summed E-state index contributed by atoms with van der Waals surface area (Å²) in [5, 5.41) is 11.1. The molecule has 0 radical (unpaired) electrons. The summed E-state index contributed by atoms with van der Waals surface area (Å²) in [6.07, 6.45) is 2.16. The number of aryl methyl sites for hydroxylation is 1. The van der Waals surface area contributed by atoms with Crippen molar-refractivity contribution in [3.05, 3.63) is 71.6 Å². The highest BCUT2D eigenvalue weighted by molar-refractivity contribution is 5.94. The summed E-state index contributed by atoms with van der Waals surface area (Å²) in [5.74, 6) is 0.888. The number of rotatable bonds is 11. The van der Waals surface area contributed by atoms with E-state index in [9.17, 15) is 4.79 Å². The molecule has 7 nitrogen and oxygen atoms in total. The van der Waals surface area contributed by atoms with Crippen LogP contribution in [0, 0.1) is 0 Å².